The number of fused-ring (bicyclic) bond motifs is 1. The molecule has 0 saturated heterocycles. The molecular weight excluding hydrogens is 488 g/mol. The van der Waals surface area contributed by atoms with Crippen LogP contribution in [0.3, 0.4) is 0 Å². The van der Waals surface area contributed by atoms with Crippen LogP contribution in [-0.2, 0) is 14.8 Å². The van der Waals surface area contributed by atoms with Gasteiger partial charge in [0.15, 0.2) is 5.84 Å². The third kappa shape index (κ3) is 5.23. The lowest BCUT2D eigenvalue weighted by Gasteiger charge is -2.19. The maximum Gasteiger partial charge on any atom is 0.338 e. The van der Waals surface area contributed by atoms with Gasteiger partial charge in [-0.15, -0.1) is 4.40 Å². The number of hydrazone groups is 1. The van der Waals surface area contributed by atoms with Gasteiger partial charge in [-0.25, -0.2) is 9.80 Å². The summed E-state index contributed by atoms with van der Waals surface area (Å²) >= 11 is 0. The number of methoxy groups -OCH3 is 1. The predicted octanol–water partition coefficient (Wildman–Crippen LogP) is 3.25. The van der Waals surface area contributed by atoms with Crippen molar-refractivity contribution >= 4 is 33.7 Å². The fraction of sp³-hybridized carbons (Fsp3) is 0.125. The summed E-state index contributed by atoms with van der Waals surface area (Å²) in [7, 11) is -2.39. The van der Waals surface area contributed by atoms with E-state index in [0.29, 0.717) is 16.9 Å². The second-order valence-corrected chi connectivity index (χ2v) is 9.01. The number of amidine groups is 1. The van der Waals surface area contributed by atoms with Gasteiger partial charge in [0.2, 0.25) is 0 Å². The van der Waals surface area contributed by atoms with Gasteiger partial charge in [-0.1, -0.05) is 24.3 Å². The molecule has 0 spiro atoms. The van der Waals surface area contributed by atoms with Crippen LogP contribution in [0.15, 0.2) is 87.2 Å². The lowest BCUT2D eigenvalue weighted by atomic mass is 10.2. The highest BCUT2D eigenvalue weighted by atomic mass is 32.2. The van der Waals surface area contributed by atoms with Gasteiger partial charge in [-0.3, -0.25) is 10.1 Å². The van der Waals surface area contributed by atoms with E-state index in [2.05, 4.69) is 9.50 Å². The molecule has 0 radical (unpaired) electrons. The molecular formula is C24H20N4O7S. The second-order valence-electron chi connectivity index (χ2n) is 7.44. The number of ether oxygens (including phenoxy) is 2. The number of nitro benzene ring substituents is 1. The van der Waals surface area contributed by atoms with Crippen molar-refractivity contribution in [2.24, 2.45) is 9.50 Å². The van der Waals surface area contributed by atoms with Gasteiger partial charge in [-0.05, 0) is 36.4 Å². The van der Waals surface area contributed by atoms with Crippen molar-refractivity contribution in [1.29, 1.82) is 0 Å². The Hall–Kier alpha value is -4.58. The molecule has 0 aromatic heterocycles. The minimum Gasteiger partial charge on any atom is -0.496 e. The molecule has 0 atom stereocenters. The predicted molar refractivity (Wildman–Crippen MR) is 131 cm³/mol. The molecule has 12 heteroatoms. The average molecular weight is 509 g/mol. The van der Waals surface area contributed by atoms with E-state index in [0.717, 1.165) is 0 Å². The molecule has 0 aliphatic carbocycles. The van der Waals surface area contributed by atoms with Crippen LogP contribution in [0.25, 0.3) is 0 Å². The van der Waals surface area contributed by atoms with E-state index in [1.807, 2.05) is 0 Å². The van der Waals surface area contributed by atoms with Crippen LogP contribution in [0.2, 0.25) is 0 Å². The number of benzene rings is 3. The highest BCUT2D eigenvalue weighted by Crippen LogP contribution is 2.27. The molecule has 0 fully saturated rings. The highest BCUT2D eigenvalue weighted by molar-refractivity contribution is 7.90. The molecule has 0 saturated carbocycles. The lowest BCUT2D eigenvalue weighted by molar-refractivity contribution is -0.384. The van der Waals surface area contributed by atoms with Crippen molar-refractivity contribution in [1.82, 2.24) is 5.01 Å². The molecule has 3 aromatic carbocycles. The summed E-state index contributed by atoms with van der Waals surface area (Å²) in [4.78, 5) is 22.7. The van der Waals surface area contributed by atoms with Gasteiger partial charge in [0, 0.05) is 23.3 Å². The Bertz CT molecular complexity index is 1470. The van der Waals surface area contributed by atoms with E-state index in [1.165, 1.54) is 48.7 Å². The number of carbonyl (C=O) groups excluding carboxylic acids is 1. The Kier molecular flexibility index (Phi) is 7.06. The Balaban J connectivity index is 1.56. The molecule has 0 N–H and O–H groups in total. The second kappa shape index (κ2) is 10.4. The van der Waals surface area contributed by atoms with Crippen LogP contribution in [0.5, 0.6) is 5.75 Å². The van der Waals surface area contributed by atoms with Crippen molar-refractivity contribution < 1.29 is 27.6 Å². The number of sulfonamides is 1. The van der Waals surface area contributed by atoms with Crippen molar-refractivity contribution in [3.8, 4) is 5.75 Å². The van der Waals surface area contributed by atoms with E-state index in [4.69, 9.17) is 9.47 Å². The Morgan fingerprint density at radius 2 is 1.78 bits per heavy atom. The number of hydrogen-bond acceptors (Lipinski definition) is 9. The third-order valence-electron chi connectivity index (χ3n) is 5.18. The first-order valence-corrected chi connectivity index (χ1v) is 12.0. The largest absolute Gasteiger partial charge is 0.496 e. The minimum absolute atomic E-state index is 0.0208. The standard InChI is InChI=1S/C24H20N4O7S/c1-34-21-8-4-2-6-18(21)16-25-27(23-20-7-3-5-9-22(20)36(32,33)26-23)14-15-35-24(29)17-10-12-19(13-11-17)28(30)31/h2-13,16H,14-15H2,1H3/b25-16-. The van der Waals surface area contributed by atoms with Crippen LogP contribution >= 0.6 is 0 Å². The summed E-state index contributed by atoms with van der Waals surface area (Å²) < 4.78 is 39.7. The van der Waals surface area contributed by atoms with Gasteiger partial charge >= 0.3 is 5.97 Å². The number of esters is 1. The highest BCUT2D eigenvalue weighted by Gasteiger charge is 2.31. The van der Waals surface area contributed by atoms with E-state index in [1.54, 1.807) is 42.5 Å². The van der Waals surface area contributed by atoms with E-state index >= 15 is 0 Å². The number of nitrogens with zero attached hydrogens (tertiary/aromatic N) is 4. The number of nitro groups is 1. The fourth-order valence-corrected chi connectivity index (χ4v) is 4.63. The molecule has 4 rings (SSSR count). The maximum atomic E-state index is 12.6. The summed E-state index contributed by atoms with van der Waals surface area (Å²) in [5.74, 6) is -0.0461. The van der Waals surface area contributed by atoms with Crippen LogP contribution in [0.4, 0.5) is 5.69 Å². The van der Waals surface area contributed by atoms with Gasteiger partial charge in [0.05, 0.1) is 30.4 Å². The molecule has 0 bridgehead atoms. The molecule has 0 unspecified atom stereocenters. The molecule has 36 heavy (non-hydrogen) atoms. The zero-order valence-electron chi connectivity index (χ0n) is 19.0. The molecule has 1 aliphatic rings. The number of para-hydroxylation sites is 1. The summed E-state index contributed by atoms with van der Waals surface area (Å²) in [6, 6.07) is 18.5. The third-order valence-corrected chi connectivity index (χ3v) is 6.51. The molecule has 1 heterocycles. The van der Waals surface area contributed by atoms with Gasteiger partial charge in [-0.2, -0.15) is 13.5 Å². The van der Waals surface area contributed by atoms with E-state index < -0.39 is 20.9 Å². The van der Waals surface area contributed by atoms with Gasteiger partial charge < -0.3 is 9.47 Å². The quantitative estimate of drug-likeness (QED) is 0.195. The van der Waals surface area contributed by atoms with Crippen molar-refractivity contribution in [3.05, 3.63) is 99.6 Å². The fourth-order valence-electron chi connectivity index (χ4n) is 3.43. The minimum atomic E-state index is -3.91. The first kappa shape index (κ1) is 24.5. The number of non-ortho nitro benzene ring substituents is 1. The smallest absolute Gasteiger partial charge is 0.338 e. The average Bonchev–Trinajstić information content (AvgIpc) is 3.16. The van der Waals surface area contributed by atoms with Crippen molar-refractivity contribution in [3.63, 3.8) is 0 Å². The first-order valence-electron chi connectivity index (χ1n) is 10.6. The van der Waals surface area contributed by atoms with Crippen LogP contribution in [0.1, 0.15) is 21.5 Å². The monoisotopic (exact) mass is 508 g/mol. The number of carbonyl (C=O) groups is 1. The Morgan fingerprint density at radius 3 is 2.50 bits per heavy atom. The van der Waals surface area contributed by atoms with E-state index in [9.17, 15) is 23.3 Å². The lowest BCUT2D eigenvalue weighted by Crippen LogP contribution is -2.30. The summed E-state index contributed by atoms with van der Waals surface area (Å²) in [6.07, 6.45) is 1.49. The Labute approximate surface area is 206 Å². The van der Waals surface area contributed by atoms with E-state index in [-0.39, 0.29) is 35.1 Å². The molecule has 3 aromatic rings. The van der Waals surface area contributed by atoms with Gasteiger partial charge in [0.1, 0.15) is 17.3 Å². The molecule has 11 nitrogen and oxygen atoms in total. The topological polar surface area (TPSA) is 141 Å². The van der Waals surface area contributed by atoms with Gasteiger partial charge in [0.25, 0.3) is 15.7 Å². The van der Waals surface area contributed by atoms with Crippen LogP contribution in [0, 0.1) is 10.1 Å². The van der Waals surface area contributed by atoms with Crippen LogP contribution in [-0.4, -0.2) is 56.6 Å². The SMILES string of the molecule is COc1ccccc1/C=N\N(CCOC(=O)c1ccc([N+](=O)[O-])cc1)C1=NS(=O)(=O)c2ccccc21. The number of hydrogen-bond donors (Lipinski definition) is 0. The van der Waals surface area contributed by atoms with Crippen molar-refractivity contribution in [2.45, 2.75) is 4.90 Å². The molecule has 0 amide bonds. The van der Waals surface area contributed by atoms with Crippen LogP contribution < -0.4 is 4.74 Å². The Morgan fingerprint density at radius 1 is 1.08 bits per heavy atom. The summed E-state index contributed by atoms with van der Waals surface area (Å²) in [5.41, 5.74) is 0.998. The normalized spacial score (nSPS) is 13.6. The number of rotatable bonds is 8. The van der Waals surface area contributed by atoms with Crippen molar-refractivity contribution in [2.75, 3.05) is 20.3 Å². The summed E-state index contributed by atoms with van der Waals surface area (Å²) in [6.45, 7) is -0.187. The maximum absolute atomic E-state index is 12.6. The zero-order chi connectivity index (χ0) is 25.7. The first-order chi connectivity index (χ1) is 17.3. The molecule has 1 aliphatic heterocycles. The zero-order valence-corrected chi connectivity index (χ0v) is 19.8. The molecule has 184 valence electrons. The summed E-state index contributed by atoms with van der Waals surface area (Å²) in [5, 5.41) is 16.6.